The number of H-pyrrole nitrogens is 1. The van der Waals surface area contributed by atoms with E-state index < -0.39 is 21.8 Å². The fourth-order valence-electron chi connectivity index (χ4n) is 0.995. The molecule has 0 fully saturated rings. The van der Waals surface area contributed by atoms with Gasteiger partial charge in [0.25, 0.3) is 0 Å². The van der Waals surface area contributed by atoms with Crippen molar-refractivity contribution in [3.05, 3.63) is 36.5 Å². The van der Waals surface area contributed by atoms with Crippen LogP contribution >= 0.6 is 0 Å². The fraction of sp³-hybridized carbons (Fsp3) is 0.200. The van der Waals surface area contributed by atoms with Gasteiger partial charge in [0.2, 0.25) is 0 Å². The van der Waals surface area contributed by atoms with Gasteiger partial charge < -0.3 is 56.8 Å². The molecule has 0 unspecified atom stereocenters. The second-order valence-corrected chi connectivity index (χ2v) is 3.55. The van der Waals surface area contributed by atoms with Crippen LogP contribution < -0.4 is 5.96 Å². The number of halogens is 13. The number of hydrogen-bond acceptors (Lipinski definition) is 1. The number of nitrogens with one attached hydrogen (secondary N) is 1. The molecule has 0 atom stereocenters. The molecule has 0 radical (unpaired) electrons. The summed E-state index contributed by atoms with van der Waals surface area (Å²) < 4.78 is 126. The zero-order valence-electron chi connectivity index (χ0n) is 14.2. The zero-order valence-corrected chi connectivity index (χ0v) is 14.2. The Bertz CT molecular complexity index is 491. The smallest absolute Gasteiger partial charge is 0.418 e. The standard InChI is InChI=1S/C8H7N.C2H6.3BF4.FH2N/c1-2-4-8-7(3-1)5-6-9-8;1-2;3*2-1(3,4)5;1-2/h1-6,9H;1-2H3;;;;2H2/q;;3*-1;. The molecule has 0 aliphatic rings. The lowest BCUT2D eigenvalue weighted by Crippen LogP contribution is -2.02. The number of aromatic nitrogens is 1. The van der Waals surface area contributed by atoms with Crippen molar-refractivity contribution >= 4 is 32.7 Å². The van der Waals surface area contributed by atoms with Crippen molar-refractivity contribution in [1.29, 1.82) is 0 Å². The summed E-state index contributed by atoms with van der Waals surface area (Å²) in [4.78, 5) is 3.12. The second-order valence-electron chi connectivity index (χ2n) is 3.55. The first-order valence-electron chi connectivity index (χ1n) is 6.82. The largest absolute Gasteiger partial charge is 0.673 e. The monoisotopic (exact) mass is 443 g/mol. The lowest BCUT2D eigenvalue weighted by atomic mass is 10.3. The maximum absolute atomic E-state index is 9.75. The average molecular weight is 443 g/mol. The first-order chi connectivity index (χ1) is 12.5. The van der Waals surface area contributed by atoms with E-state index in [0.717, 1.165) is 0 Å². The predicted molar refractivity (Wildman–Crippen MR) is 85.5 cm³/mol. The number of aromatic amines is 1. The minimum Gasteiger partial charge on any atom is -0.418 e. The summed E-state index contributed by atoms with van der Waals surface area (Å²) in [5.74, 6) is 3.00. The Labute approximate surface area is 151 Å². The molecule has 1 aromatic heterocycles. The topological polar surface area (TPSA) is 41.8 Å². The molecule has 3 N–H and O–H groups in total. The van der Waals surface area contributed by atoms with E-state index in [1.807, 2.05) is 32.2 Å². The van der Waals surface area contributed by atoms with Crippen LogP contribution in [-0.4, -0.2) is 26.7 Å². The molecule has 2 nitrogen and oxygen atoms in total. The molecule has 18 heteroatoms. The summed E-state index contributed by atoms with van der Waals surface area (Å²) in [6.45, 7) is 4.00. The Morgan fingerprint density at radius 3 is 1.18 bits per heavy atom. The Balaban J connectivity index is -0.000000135. The summed E-state index contributed by atoms with van der Waals surface area (Å²) >= 11 is 0. The molecule has 28 heavy (non-hydrogen) atoms. The highest BCUT2D eigenvalue weighted by Crippen LogP contribution is 2.09. The highest BCUT2D eigenvalue weighted by atomic mass is 19.5. The summed E-state index contributed by atoms with van der Waals surface area (Å²) in [6, 6.07) is 10.3. The average Bonchev–Trinajstić information content (AvgIpc) is 2.95. The van der Waals surface area contributed by atoms with Crippen LogP contribution in [0.3, 0.4) is 0 Å². The third-order valence-corrected chi connectivity index (χ3v) is 1.46. The Kier molecular flexibility index (Phi) is 20.5. The van der Waals surface area contributed by atoms with E-state index >= 15 is 0 Å². The molecule has 0 aliphatic heterocycles. The van der Waals surface area contributed by atoms with Gasteiger partial charge in [0.1, 0.15) is 0 Å². The molecule has 0 spiro atoms. The molecule has 0 bridgehead atoms. The van der Waals surface area contributed by atoms with Crippen LogP contribution in [0.4, 0.5) is 56.3 Å². The minimum absolute atomic E-state index is 1.21. The van der Waals surface area contributed by atoms with Crippen molar-refractivity contribution in [2.45, 2.75) is 13.8 Å². The third-order valence-electron chi connectivity index (χ3n) is 1.46. The molecular formula is C10H15B3F13N2-3. The molecule has 2 aromatic rings. The van der Waals surface area contributed by atoms with Gasteiger partial charge in [0.15, 0.2) is 0 Å². The lowest BCUT2D eigenvalue weighted by Gasteiger charge is -1.94. The van der Waals surface area contributed by atoms with Crippen LogP contribution in [0.1, 0.15) is 13.8 Å². The molecule has 0 saturated carbocycles. The first-order valence-corrected chi connectivity index (χ1v) is 6.82. The van der Waals surface area contributed by atoms with Crippen LogP contribution in [0.25, 0.3) is 10.9 Å². The number of benzene rings is 1. The van der Waals surface area contributed by atoms with Crippen LogP contribution in [0, 0.1) is 0 Å². The number of rotatable bonds is 0. The highest BCUT2D eigenvalue weighted by molar-refractivity contribution is 6.50. The lowest BCUT2D eigenvalue weighted by molar-refractivity contribution is 0.366. The first kappa shape index (κ1) is 33.6. The predicted octanol–water partition coefficient (Wildman–Crippen LogP) is 6.92. The van der Waals surface area contributed by atoms with Gasteiger partial charge in [-0.3, -0.25) is 0 Å². The Morgan fingerprint density at radius 1 is 0.607 bits per heavy atom. The van der Waals surface area contributed by atoms with Crippen molar-refractivity contribution in [1.82, 2.24) is 4.98 Å². The zero-order chi connectivity index (χ0) is 23.6. The molecular weight excluding hydrogens is 428 g/mol. The van der Waals surface area contributed by atoms with E-state index in [1.54, 1.807) is 0 Å². The summed E-state index contributed by atoms with van der Waals surface area (Å²) in [7, 11) is -18.0. The second kappa shape index (κ2) is 17.1. The van der Waals surface area contributed by atoms with Gasteiger partial charge in [0, 0.05) is 11.7 Å². The summed E-state index contributed by atoms with van der Waals surface area (Å²) in [5, 5.41) is 1.28. The third kappa shape index (κ3) is 56.4. The Morgan fingerprint density at radius 2 is 0.893 bits per heavy atom. The summed E-state index contributed by atoms with van der Waals surface area (Å²) in [5.41, 5.74) is 1.21. The van der Waals surface area contributed by atoms with Gasteiger partial charge >= 0.3 is 21.8 Å². The molecule has 0 amide bonds. The van der Waals surface area contributed by atoms with Crippen molar-refractivity contribution in [2.75, 3.05) is 0 Å². The van der Waals surface area contributed by atoms with Crippen LogP contribution in [0.5, 0.6) is 0 Å². The van der Waals surface area contributed by atoms with E-state index in [9.17, 15) is 51.8 Å². The quantitative estimate of drug-likeness (QED) is 0.259. The molecule has 0 saturated heterocycles. The van der Waals surface area contributed by atoms with Crippen LogP contribution in [-0.2, 0) is 0 Å². The maximum atomic E-state index is 9.75. The maximum Gasteiger partial charge on any atom is 0.673 e. The molecule has 168 valence electrons. The molecule has 0 aliphatic carbocycles. The van der Waals surface area contributed by atoms with Crippen molar-refractivity contribution < 1.29 is 56.3 Å². The fourth-order valence-corrected chi connectivity index (χ4v) is 0.995. The normalized spacial score (nSPS) is 10.1. The van der Waals surface area contributed by atoms with Crippen molar-refractivity contribution in [3.8, 4) is 0 Å². The van der Waals surface area contributed by atoms with Gasteiger partial charge in [-0.1, -0.05) is 32.0 Å². The van der Waals surface area contributed by atoms with Gasteiger partial charge in [-0.2, -0.15) is 5.96 Å². The number of nitrogens with two attached hydrogens (primary N) is 1. The van der Waals surface area contributed by atoms with Gasteiger partial charge in [-0.05, 0) is 17.5 Å². The number of para-hydroxylation sites is 1. The van der Waals surface area contributed by atoms with E-state index in [2.05, 4.69) is 29.1 Å². The van der Waals surface area contributed by atoms with Crippen molar-refractivity contribution in [2.24, 2.45) is 5.96 Å². The van der Waals surface area contributed by atoms with E-state index in [4.69, 9.17) is 4.48 Å². The van der Waals surface area contributed by atoms with E-state index in [1.165, 1.54) is 10.9 Å². The van der Waals surface area contributed by atoms with Gasteiger partial charge in [-0.15, -0.1) is 4.48 Å². The molecule has 1 aromatic carbocycles. The van der Waals surface area contributed by atoms with Crippen LogP contribution in [0.15, 0.2) is 36.5 Å². The Hall–Kier alpha value is -2.00. The van der Waals surface area contributed by atoms with E-state index in [0.29, 0.717) is 0 Å². The van der Waals surface area contributed by atoms with Crippen molar-refractivity contribution in [3.63, 3.8) is 0 Å². The van der Waals surface area contributed by atoms with Gasteiger partial charge in [-0.25, -0.2) is 0 Å². The SMILES string of the molecule is CC.F[B-](F)(F)F.F[B-](F)(F)F.F[B-](F)(F)F.NF.c1ccc2[nH]ccc2c1. The summed E-state index contributed by atoms with van der Waals surface area (Å²) in [6.07, 6.45) is 1.95. The molecule has 2 rings (SSSR count). The highest BCUT2D eigenvalue weighted by Gasteiger charge is 2.21. The van der Waals surface area contributed by atoms with E-state index in [-0.39, 0.29) is 0 Å². The number of hydrogen-bond donors (Lipinski definition) is 2. The number of fused-ring (bicyclic) bond motifs is 1. The minimum atomic E-state index is -6.00. The molecule has 1 heterocycles. The van der Waals surface area contributed by atoms with Crippen LogP contribution in [0.2, 0.25) is 0 Å². The van der Waals surface area contributed by atoms with Gasteiger partial charge in [0.05, 0.1) is 0 Å².